The second-order valence-electron chi connectivity index (χ2n) is 2.55. The van der Waals surface area contributed by atoms with Gasteiger partial charge in [0.15, 0.2) is 0 Å². The van der Waals surface area contributed by atoms with Crippen LogP contribution in [0.3, 0.4) is 0 Å². The molecule has 0 unspecified atom stereocenters. The van der Waals surface area contributed by atoms with Crippen LogP contribution >= 0.6 is 11.8 Å². The Labute approximate surface area is 90.4 Å². The Morgan fingerprint density at radius 3 is 3.13 bits per heavy atom. The Morgan fingerprint density at radius 1 is 1.73 bits per heavy atom. The highest BCUT2D eigenvalue weighted by atomic mass is 32.2. The summed E-state index contributed by atoms with van der Waals surface area (Å²) in [4.78, 5) is 15.0. The molecule has 1 rings (SSSR count). The first-order valence-corrected chi connectivity index (χ1v) is 5.15. The van der Waals surface area contributed by atoms with E-state index in [4.69, 9.17) is 11.0 Å². The summed E-state index contributed by atoms with van der Waals surface area (Å²) in [6, 6.07) is 1.93. The number of nitrogens with zero attached hydrogens (tertiary/aromatic N) is 3. The molecule has 1 heterocycles. The SMILES string of the molecule is N#CCCNC(=O)CSc1n[nH]c(N)n1. The average molecular weight is 226 g/mol. The number of thioether (sulfide) groups is 1. The molecule has 4 N–H and O–H groups in total. The number of hydrogen-bond donors (Lipinski definition) is 3. The van der Waals surface area contributed by atoms with E-state index >= 15 is 0 Å². The lowest BCUT2D eigenvalue weighted by molar-refractivity contribution is -0.118. The highest BCUT2D eigenvalue weighted by Crippen LogP contribution is 2.11. The van der Waals surface area contributed by atoms with Crippen LogP contribution in [0.15, 0.2) is 5.16 Å². The minimum atomic E-state index is -0.154. The largest absolute Gasteiger partial charge is 0.368 e. The van der Waals surface area contributed by atoms with Gasteiger partial charge in [0.25, 0.3) is 0 Å². The first-order chi connectivity index (χ1) is 7.22. The summed E-state index contributed by atoms with van der Waals surface area (Å²) in [6.45, 7) is 0.367. The molecule has 1 aromatic rings. The second kappa shape index (κ2) is 5.87. The topological polar surface area (TPSA) is 120 Å². The van der Waals surface area contributed by atoms with Crippen molar-refractivity contribution in [2.75, 3.05) is 18.0 Å². The molecule has 80 valence electrons. The average Bonchev–Trinajstić information content (AvgIpc) is 2.62. The zero-order valence-electron chi connectivity index (χ0n) is 7.86. The van der Waals surface area contributed by atoms with Crippen LogP contribution < -0.4 is 11.1 Å². The van der Waals surface area contributed by atoms with Crippen LogP contribution in [0.4, 0.5) is 5.95 Å². The van der Waals surface area contributed by atoms with Crippen molar-refractivity contribution in [1.82, 2.24) is 20.5 Å². The number of aromatic amines is 1. The van der Waals surface area contributed by atoms with Gasteiger partial charge in [0.05, 0.1) is 18.2 Å². The van der Waals surface area contributed by atoms with Crippen molar-refractivity contribution in [3.05, 3.63) is 0 Å². The molecule has 0 radical (unpaired) electrons. The van der Waals surface area contributed by atoms with Crippen LogP contribution in [0.1, 0.15) is 6.42 Å². The zero-order valence-corrected chi connectivity index (χ0v) is 8.67. The smallest absolute Gasteiger partial charge is 0.230 e. The Balaban J connectivity index is 2.20. The maximum Gasteiger partial charge on any atom is 0.230 e. The van der Waals surface area contributed by atoms with Gasteiger partial charge in [-0.05, 0) is 0 Å². The lowest BCUT2D eigenvalue weighted by Gasteiger charge is -1.99. The first kappa shape index (κ1) is 11.3. The number of anilines is 1. The van der Waals surface area contributed by atoms with E-state index in [-0.39, 0.29) is 17.6 Å². The number of nitrogens with one attached hydrogen (secondary N) is 2. The van der Waals surface area contributed by atoms with Crippen molar-refractivity contribution < 1.29 is 4.79 Å². The Morgan fingerprint density at radius 2 is 2.53 bits per heavy atom. The molecule has 0 saturated carbocycles. The minimum Gasteiger partial charge on any atom is -0.368 e. The fourth-order valence-corrected chi connectivity index (χ4v) is 1.40. The second-order valence-corrected chi connectivity index (χ2v) is 3.49. The summed E-state index contributed by atoms with van der Waals surface area (Å²) >= 11 is 1.18. The molecule has 0 spiro atoms. The molecular weight excluding hydrogens is 216 g/mol. The molecule has 0 atom stereocenters. The van der Waals surface area contributed by atoms with Crippen molar-refractivity contribution >= 4 is 23.6 Å². The predicted octanol–water partition coefficient (Wildman–Crippen LogP) is -0.491. The number of amides is 1. The Hall–Kier alpha value is -1.75. The fraction of sp³-hybridized carbons (Fsp3) is 0.429. The number of carbonyl (C=O) groups is 1. The van der Waals surface area contributed by atoms with E-state index in [1.165, 1.54) is 11.8 Å². The van der Waals surface area contributed by atoms with Gasteiger partial charge in [-0.15, -0.1) is 5.10 Å². The van der Waals surface area contributed by atoms with Crippen molar-refractivity contribution in [3.8, 4) is 6.07 Å². The number of nitrogens with two attached hydrogens (primary N) is 1. The van der Waals surface area contributed by atoms with Crippen LogP contribution in [0.5, 0.6) is 0 Å². The highest BCUT2D eigenvalue weighted by molar-refractivity contribution is 7.99. The molecule has 15 heavy (non-hydrogen) atoms. The molecule has 7 nitrogen and oxygen atoms in total. The maximum atomic E-state index is 11.2. The monoisotopic (exact) mass is 226 g/mol. The third kappa shape index (κ3) is 4.33. The van der Waals surface area contributed by atoms with Gasteiger partial charge in [0.2, 0.25) is 17.0 Å². The summed E-state index contributed by atoms with van der Waals surface area (Å²) in [5.74, 6) is 0.281. The quantitative estimate of drug-likeness (QED) is 0.460. The van der Waals surface area contributed by atoms with Gasteiger partial charge in [-0.1, -0.05) is 11.8 Å². The standard InChI is InChI=1S/C7H10N6OS/c8-2-1-3-10-5(14)4-15-7-11-6(9)12-13-7/h1,3-4H2,(H,10,14)(H3,9,11,12,13). The summed E-state index contributed by atoms with van der Waals surface area (Å²) < 4.78 is 0. The van der Waals surface area contributed by atoms with Crippen LogP contribution in [0.25, 0.3) is 0 Å². The fourth-order valence-electron chi connectivity index (χ4n) is 0.762. The molecule has 8 heteroatoms. The van der Waals surface area contributed by atoms with E-state index in [9.17, 15) is 4.79 Å². The van der Waals surface area contributed by atoms with Gasteiger partial charge < -0.3 is 11.1 Å². The lowest BCUT2D eigenvalue weighted by atomic mass is 10.4. The number of hydrogen-bond acceptors (Lipinski definition) is 6. The van der Waals surface area contributed by atoms with Crippen LogP contribution in [0.2, 0.25) is 0 Å². The normalized spacial score (nSPS) is 9.53. The molecule has 1 amide bonds. The van der Waals surface area contributed by atoms with Crippen LogP contribution in [-0.2, 0) is 4.79 Å². The maximum absolute atomic E-state index is 11.2. The Bertz CT molecular complexity index is 370. The molecule has 0 fully saturated rings. The number of rotatable bonds is 5. The van der Waals surface area contributed by atoms with Gasteiger partial charge in [-0.3, -0.25) is 4.79 Å². The highest BCUT2D eigenvalue weighted by Gasteiger charge is 2.05. The molecule has 0 aliphatic heterocycles. The molecular formula is C7H10N6OS. The van der Waals surface area contributed by atoms with Crippen molar-refractivity contribution in [1.29, 1.82) is 5.26 Å². The zero-order chi connectivity index (χ0) is 11.1. The molecule has 0 saturated heterocycles. The predicted molar refractivity (Wildman–Crippen MR) is 54.8 cm³/mol. The van der Waals surface area contributed by atoms with E-state index in [2.05, 4.69) is 20.5 Å². The van der Waals surface area contributed by atoms with E-state index in [0.29, 0.717) is 18.1 Å². The van der Waals surface area contributed by atoms with Gasteiger partial charge in [-0.2, -0.15) is 10.2 Å². The third-order valence-corrected chi connectivity index (χ3v) is 2.22. The molecule has 0 bridgehead atoms. The van der Waals surface area contributed by atoms with Crippen molar-refractivity contribution in [3.63, 3.8) is 0 Å². The summed E-state index contributed by atoms with van der Waals surface area (Å²) in [5, 5.41) is 17.5. The number of aromatic nitrogens is 3. The first-order valence-electron chi connectivity index (χ1n) is 4.16. The van der Waals surface area contributed by atoms with Crippen LogP contribution in [-0.4, -0.2) is 33.4 Å². The molecule has 0 aliphatic carbocycles. The van der Waals surface area contributed by atoms with Gasteiger partial charge in [0.1, 0.15) is 0 Å². The van der Waals surface area contributed by atoms with E-state index in [0.717, 1.165) is 0 Å². The third-order valence-electron chi connectivity index (χ3n) is 1.37. The molecule has 1 aromatic heterocycles. The van der Waals surface area contributed by atoms with E-state index in [1.807, 2.05) is 6.07 Å². The minimum absolute atomic E-state index is 0.154. The summed E-state index contributed by atoms with van der Waals surface area (Å²) in [7, 11) is 0. The van der Waals surface area contributed by atoms with E-state index in [1.54, 1.807) is 0 Å². The number of carbonyl (C=O) groups excluding carboxylic acids is 1. The molecule has 0 aliphatic rings. The lowest BCUT2D eigenvalue weighted by Crippen LogP contribution is -2.25. The molecule has 0 aromatic carbocycles. The number of H-pyrrole nitrogens is 1. The van der Waals surface area contributed by atoms with Gasteiger partial charge in [-0.25, -0.2) is 5.10 Å². The van der Waals surface area contributed by atoms with Crippen LogP contribution in [0, 0.1) is 11.3 Å². The van der Waals surface area contributed by atoms with Crippen molar-refractivity contribution in [2.45, 2.75) is 11.6 Å². The van der Waals surface area contributed by atoms with Gasteiger partial charge >= 0.3 is 0 Å². The summed E-state index contributed by atoms with van der Waals surface area (Å²) in [5.41, 5.74) is 5.30. The summed E-state index contributed by atoms with van der Waals surface area (Å²) in [6.07, 6.45) is 0.310. The van der Waals surface area contributed by atoms with Crippen molar-refractivity contribution in [2.24, 2.45) is 0 Å². The van der Waals surface area contributed by atoms with Gasteiger partial charge in [0, 0.05) is 6.54 Å². The Kier molecular flexibility index (Phi) is 4.43. The van der Waals surface area contributed by atoms with E-state index < -0.39 is 0 Å². The number of nitrogen functional groups attached to an aromatic ring is 1. The number of nitriles is 1.